The summed E-state index contributed by atoms with van der Waals surface area (Å²) in [6.45, 7) is 1.92. The first-order chi connectivity index (χ1) is 14.5. The van der Waals surface area contributed by atoms with E-state index in [1.807, 2.05) is 19.1 Å². The minimum Gasteiger partial charge on any atom is -0.321 e. The van der Waals surface area contributed by atoms with Crippen molar-refractivity contribution < 1.29 is 9.59 Å². The number of fused-ring (bicyclic) bond motifs is 1. The average Bonchev–Trinajstić information content (AvgIpc) is 2.79. The largest absolute Gasteiger partial charge is 0.321 e. The van der Waals surface area contributed by atoms with Crippen LogP contribution in [0.3, 0.4) is 0 Å². The highest BCUT2D eigenvalue weighted by Crippen LogP contribution is 2.20. The van der Waals surface area contributed by atoms with E-state index in [1.165, 1.54) is 18.6 Å². The smallest absolute Gasteiger partial charge is 0.275 e. The standard InChI is InChI=1S/C22H18N6O2/c1-14-2-3-15-12-16(4-9-19(15)26-14)22(30)28(23)18-7-5-17(6-8-18)27-21(29)20-13-24-10-11-25-20/h2-13H,23H2,1H3,(H,27,29). The van der Waals surface area contributed by atoms with E-state index >= 15 is 0 Å². The van der Waals surface area contributed by atoms with Gasteiger partial charge in [-0.05, 0) is 55.5 Å². The Morgan fingerprint density at radius 3 is 2.53 bits per heavy atom. The quantitative estimate of drug-likeness (QED) is 0.310. The van der Waals surface area contributed by atoms with Crippen molar-refractivity contribution in [3.8, 4) is 0 Å². The molecule has 8 nitrogen and oxygen atoms in total. The molecule has 4 rings (SSSR count). The number of nitrogens with two attached hydrogens (primary N) is 1. The molecule has 0 aliphatic heterocycles. The normalized spacial score (nSPS) is 10.6. The van der Waals surface area contributed by atoms with E-state index in [0.717, 1.165) is 21.6 Å². The molecule has 3 N–H and O–H groups in total. The summed E-state index contributed by atoms with van der Waals surface area (Å²) in [5.41, 5.74) is 3.42. The number of hydrazine groups is 1. The van der Waals surface area contributed by atoms with Gasteiger partial charge in [0.1, 0.15) is 5.69 Å². The van der Waals surface area contributed by atoms with Gasteiger partial charge in [-0.1, -0.05) is 6.07 Å². The number of aryl methyl sites for hydroxylation is 1. The van der Waals surface area contributed by atoms with E-state index in [4.69, 9.17) is 5.84 Å². The first-order valence-corrected chi connectivity index (χ1v) is 9.15. The summed E-state index contributed by atoms with van der Waals surface area (Å²) < 4.78 is 0. The second-order valence-corrected chi connectivity index (χ2v) is 6.63. The molecule has 2 amide bonds. The lowest BCUT2D eigenvalue weighted by Gasteiger charge is -2.17. The summed E-state index contributed by atoms with van der Waals surface area (Å²) in [5.74, 6) is 5.31. The molecule has 0 saturated heterocycles. The fourth-order valence-corrected chi connectivity index (χ4v) is 2.93. The summed E-state index contributed by atoms with van der Waals surface area (Å²) >= 11 is 0. The summed E-state index contributed by atoms with van der Waals surface area (Å²) in [4.78, 5) is 37.2. The van der Waals surface area contributed by atoms with E-state index in [0.29, 0.717) is 16.9 Å². The predicted octanol–water partition coefficient (Wildman–Crippen LogP) is 3.11. The fraction of sp³-hybridized carbons (Fsp3) is 0.0455. The molecule has 30 heavy (non-hydrogen) atoms. The SMILES string of the molecule is Cc1ccc2cc(C(=O)N(N)c3ccc(NC(=O)c4cnccn4)cc3)ccc2n1. The van der Waals surface area contributed by atoms with Gasteiger partial charge in [0.05, 0.1) is 17.4 Å². The topological polar surface area (TPSA) is 114 Å². The Labute approximate surface area is 172 Å². The molecule has 0 spiro atoms. The molecule has 0 aliphatic carbocycles. The van der Waals surface area contributed by atoms with Crippen LogP contribution in [0.2, 0.25) is 0 Å². The molecule has 148 valence electrons. The number of benzene rings is 2. The molecule has 4 aromatic rings. The van der Waals surface area contributed by atoms with Gasteiger partial charge >= 0.3 is 0 Å². The second kappa shape index (κ2) is 8.06. The highest BCUT2D eigenvalue weighted by Gasteiger charge is 2.15. The molecule has 0 atom stereocenters. The molecule has 8 heteroatoms. The second-order valence-electron chi connectivity index (χ2n) is 6.63. The van der Waals surface area contributed by atoms with Gasteiger partial charge < -0.3 is 5.32 Å². The van der Waals surface area contributed by atoms with Gasteiger partial charge in [0.2, 0.25) is 0 Å². The monoisotopic (exact) mass is 398 g/mol. The third-order valence-electron chi connectivity index (χ3n) is 4.49. The molecule has 2 aromatic heterocycles. The third-order valence-corrected chi connectivity index (χ3v) is 4.49. The molecule has 0 bridgehead atoms. The number of carbonyl (C=O) groups excluding carboxylic acids is 2. The van der Waals surface area contributed by atoms with E-state index in [1.54, 1.807) is 42.5 Å². The average molecular weight is 398 g/mol. The Hall–Kier alpha value is -4.17. The number of pyridine rings is 1. The van der Waals surface area contributed by atoms with Crippen LogP contribution in [-0.2, 0) is 0 Å². The molecule has 2 aromatic carbocycles. The lowest BCUT2D eigenvalue weighted by atomic mass is 10.1. The fourth-order valence-electron chi connectivity index (χ4n) is 2.93. The zero-order valence-corrected chi connectivity index (χ0v) is 16.1. The maximum Gasteiger partial charge on any atom is 0.275 e. The van der Waals surface area contributed by atoms with E-state index < -0.39 is 0 Å². The lowest BCUT2D eigenvalue weighted by Crippen LogP contribution is -2.37. The van der Waals surface area contributed by atoms with Crippen LogP contribution >= 0.6 is 0 Å². The molecular weight excluding hydrogens is 380 g/mol. The van der Waals surface area contributed by atoms with Gasteiger partial charge in [-0.2, -0.15) is 0 Å². The van der Waals surface area contributed by atoms with E-state index in [2.05, 4.69) is 20.3 Å². The van der Waals surface area contributed by atoms with Crippen molar-refractivity contribution in [3.63, 3.8) is 0 Å². The Morgan fingerprint density at radius 1 is 1.00 bits per heavy atom. The van der Waals surface area contributed by atoms with Crippen LogP contribution in [0.15, 0.2) is 73.2 Å². The zero-order valence-electron chi connectivity index (χ0n) is 16.1. The predicted molar refractivity (Wildman–Crippen MR) is 114 cm³/mol. The number of aromatic nitrogens is 3. The highest BCUT2D eigenvalue weighted by molar-refractivity contribution is 6.07. The summed E-state index contributed by atoms with van der Waals surface area (Å²) in [6.07, 6.45) is 4.32. The van der Waals surface area contributed by atoms with Crippen molar-refractivity contribution in [1.82, 2.24) is 15.0 Å². The maximum absolute atomic E-state index is 12.8. The van der Waals surface area contributed by atoms with Crippen molar-refractivity contribution in [2.24, 2.45) is 5.84 Å². The molecule has 0 unspecified atom stereocenters. The number of amides is 2. The van der Waals surface area contributed by atoms with E-state index in [-0.39, 0.29) is 17.5 Å². The number of anilines is 2. The van der Waals surface area contributed by atoms with Gasteiger partial charge in [-0.25, -0.2) is 15.8 Å². The van der Waals surface area contributed by atoms with Gasteiger partial charge in [-0.3, -0.25) is 19.6 Å². The molecular formula is C22H18N6O2. The number of nitrogens with one attached hydrogen (secondary N) is 1. The molecule has 0 radical (unpaired) electrons. The highest BCUT2D eigenvalue weighted by atomic mass is 16.2. The number of nitrogens with zero attached hydrogens (tertiary/aromatic N) is 4. The summed E-state index contributed by atoms with van der Waals surface area (Å²) in [6, 6.07) is 15.7. The van der Waals surface area contributed by atoms with Crippen molar-refractivity contribution in [3.05, 3.63) is 90.1 Å². The number of rotatable bonds is 4. The Morgan fingerprint density at radius 2 is 1.80 bits per heavy atom. The van der Waals surface area contributed by atoms with Crippen LogP contribution in [0.25, 0.3) is 10.9 Å². The van der Waals surface area contributed by atoms with Gasteiger partial charge in [0, 0.05) is 34.7 Å². The Bertz CT molecular complexity index is 1230. The number of hydrogen-bond donors (Lipinski definition) is 2. The van der Waals surface area contributed by atoms with Crippen molar-refractivity contribution in [2.45, 2.75) is 6.92 Å². The van der Waals surface area contributed by atoms with E-state index in [9.17, 15) is 9.59 Å². The van der Waals surface area contributed by atoms with Crippen molar-refractivity contribution in [1.29, 1.82) is 0 Å². The molecule has 2 heterocycles. The van der Waals surface area contributed by atoms with Gasteiger partial charge in [0.15, 0.2) is 0 Å². The minimum atomic E-state index is -0.378. The maximum atomic E-state index is 12.8. The van der Waals surface area contributed by atoms with Crippen LogP contribution < -0.4 is 16.2 Å². The lowest BCUT2D eigenvalue weighted by molar-refractivity contribution is 0.0985. The van der Waals surface area contributed by atoms with Crippen molar-refractivity contribution >= 4 is 34.1 Å². The summed E-state index contributed by atoms with van der Waals surface area (Å²) in [5, 5.41) is 4.65. The number of carbonyl (C=O) groups is 2. The Balaban J connectivity index is 1.49. The van der Waals surface area contributed by atoms with Gasteiger partial charge in [0.25, 0.3) is 11.8 Å². The summed E-state index contributed by atoms with van der Waals surface area (Å²) in [7, 11) is 0. The first kappa shape index (κ1) is 19.2. The molecule has 0 saturated carbocycles. The van der Waals surface area contributed by atoms with Crippen LogP contribution in [0.5, 0.6) is 0 Å². The zero-order chi connectivity index (χ0) is 21.1. The van der Waals surface area contributed by atoms with Gasteiger partial charge in [-0.15, -0.1) is 0 Å². The first-order valence-electron chi connectivity index (χ1n) is 9.15. The van der Waals surface area contributed by atoms with Crippen LogP contribution in [-0.4, -0.2) is 26.8 Å². The third kappa shape index (κ3) is 3.98. The van der Waals surface area contributed by atoms with Crippen LogP contribution in [0.4, 0.5) is 11.4 Å². The van der Waals surface area contributed by atoms with Crippen molar-refractivity contribution in [2.75, 3.05) is 10.3 Å². The molecule has 0 fully saturated rings. The molecule has 0 aliphatic rings. The van der Waals surface area contributed by atoms with Crippen LogP contribution in [0.1, 0.15) is 26.5 Å². The van der Waals surface area contributed by atoms with Crippen LogP contribution in [0, 0.1) is 6.92 Å². The number of hydrogen-bond acceptors (Lipinski definition) is 6. The minimum absolute atomic E-state index is 0.207. The Kier molecular flexibility index (Phi) is 5.15.